The van der Waals surface area contributed by atoms with Gasteiger partial charge in [-0.3, -0.25) is 4.79 Å². The number of aliphatic carboxylic acids is 1. The molecule has 0 aromatic heterocycles. The average Bonchev–Trinajstić information content (AvgIpc) is 2.73. The molecular weight excluding hydrogens is 426 g/mol. The van der Waals surface area contributed by atoms with E-state index in [0.29, 0.717) is 10.7 Å². The molecule has 0 spiro atoms. The van der Waals surface area contributed by atoms with Crippen molar-refractivity contribution < 1.29 is 19.4 Å². The number of nitrogens with zero attached hydrogens (tertiary/aromatic N) is 1. The van der Waals surface area contributed by atoms with Crippen molar-refractivity contribution in [3.8, 4) is 0 Å². The van der Waals surface area contributed by atoms with Crippen LogP contribution in [0.5, 0.6) is 0 Å². The lowest BCUT2D eigenvalue weighted by Gasteiger charge is -2.48. The summed E-state index contributed by atoms with van der Waals surface area (Å²) in [5.41, 5.74) is 1.90. The number of ether oxygens (including phenoxy) is 1. The summed E-state index contributed by atoms with van der Waals surface area (Å²) in [7, 11) is 1.65. The summed E-state index contributed by atoms with van der Waals surface area (Å²) in [5, 5.41) is 10.8. The molecule has 3 unspecified atom stereocenters. The molecule has 3 aliphatic rings. The lowest BCUT2D eigenvalue weighted by Crippen LogP contribution is -2.53. The highest BCUT2D eigenvalue weighted by atomic mass is 35.5. The fourth-order valence-corrected chi connectivity index (χ4v) is 5.42. The molecule has 1 heterocycles. The van der Waals surface area contributed by atoms with Crippen LogP contribution in [0, 0.1) is 11.3 Å². The van der Waals surface area contributed by atoms with E-state index in [1.54, 1.807) is 13.1 Å². The third kappa shape index (κ3) is 3.71. The second-order valence-corrected chi connectivity index (χ2v) is 9.93. The van der Waals surface area contributed by atoms with Gasteiger partial charge in [0.05, 0.1) is 17.2 Å². The Morgan fingerprint density at radius 1 is 1.28 bits per heavy atom. The summed E-state index contributed by atoms with van der Waals surface area (Å²) in [6, 6.07) is 8.10. The minimum atomic E-state index is -1.26. The maximum Gasteiger partial charge on any atom is 0.339 e. The van der Waals surface area contributed by atoms with E-state index in [9.17, 15) is 14.7 Å². The van der Waals surface area contributed by atoms with Gasteiger partial charge in [-0.25, -0.2) is 4.79 Å². The third-order valence-electron chi connectivity index (χ3n) is 7.22. The molecule has 1 aliphatic heterocycles. The molecule has 1 aromatic rings. The molecule has 1 amide bonds. The van der Waals surface area contributed by atoms with Crippen LogP contribution in [0.25, 0.3) is 5.57 Å². The molecule has 3 atom stereocenters. The first-order valence-corrected chi connectivity index (χ1v) is 11.6. The van der Waals surface area contributed by atoms with Gasteiger partial charge in [-0.05, 0) is 55.4 Å². The summed E-state index contributed by atoms with van der Waals surface area (Å²) in [5.74, 6) is -1.74. The van der Waals surface area contributed by atoms with Crippen molar-refractivity contribution in [1.29, 1.82) is 0 Å². The fraction of sp³-hybridized carbons (Fsp3) is 0.462. The van der Waals surface area contributed by atoms with Gasteiger partial charge in [-0.2, -0.15) is 0 Å². The number of amides is 1. The number of carbonyl (C=O) groups excluding carboxylic acids is 1. The normalized spacial score (nSPS) is 27.5. The van der Waals surface area contributed by atoms with Gasteiger partial charge < -0.3 is 14.7 Å². The van der Waals surface area contributed by atoms with Gasteiger partial charge in [0.25, 0.3) is 0 Å². The average molecular weight is 456 g/mol. The van der Waals surface area contributed by atoms with E-state index >= 15 is 0 Å². The molecule has 32 heavy (non-hydrogen) atoms. The molecule has 170 valence electrons. The van der Waals surface area contributed by atoms with Crippen molar-refractivity contribution in [2.45, 2.75) is 58.2 Å². The van der Waals surface area contributed by atoms with Crippen LogP contribution in [0.1, 0.15) is 51.2 Å². The highest BCUT2D eigenvalue weighted by Crippen LogP contribution is 2.53. The second-order valence-electron chi connectivity index (χ2n) is 9.50. The van der Waals surface area contributed by atoms with Crippen LogP contribution < -0.4 is 0 Å². The van der Waals surface area contributed by atoms with Crippen molar-refractivity contribution in [2.75, 3.05) is 7.05 Å². The van der Waals surface area contributed by atoms with E-state index in [1.165, 1.54) is 10.5 Å². The topological polar surface area (TPSA) is 66.8 Å². The van der Waals surface area contributed by atoms with Crippen molar-refractivity contribution in [1.82, 2.24) is 4.90 Å². The molecule has 4 rings (SSSR count). The third-order valence-corrected chi connectivity index (χ3v) is 7.46. The summed E-state index contributed by atoms with van der Waals surface area (Å²) in [6.45, 7) is 5.99. The van der Waals surface area contributed by atoms with E-state index in [0.717, 1.165) is 36.8 Å². The zero-order valence-electron chi connectivity index (χ0n) is 19.0. The molecule has 1 fully saturated rings. The van der Waals surface area contributed by atoms with Gasteiger partial charge in [0.2, 0.25) is 5.91 Å². The van der Waals surface area contributed by atoms with Crippen LogP contribution in [0.4, 0.5) is 0 Å². The zero-order chi connectivity index (χ0) is 23.3. The molecule has 0 bridgehead atoms. The van der Waals surface area contributed by atoms with Gasteiger partial charge in [0, 0.05) is 17.5 Å². The van der Waals surface area contributed by atoms with Gasteiger partial charge in [0.15, 0.2) is 6.10 Å². The lowest BCUT2D eigenvalue weighted by molar-refractivity contribution is -0.170. The molecule has 5 nitrogen and oxygen atoms in total. The van der Waals surface area contributed by atoms with E-state index in [2.05, 4.69) is 6.92 Å². The molecule has 2 aliphatic carbocycles. The highest BCUT2D eigenvalue weighted by Gasteiger charge is 2.52. The molecule has 1 saturated carbocycles. The number of carbonyl (C=O) groups is 2. The molecule has 1 aromatic carbocycles. The van der Waals surface area contributed by atoms with Crippen LogP contribution >= 0.6 is 11.6 Å². The Morgan fingerprint density at radius 2 is 1.94 bits per heavy atom. The SMILES string of the molecule is CCc1ccc(C2=C(C(OC3(C)CCC3)C(=O)O)N(C)C(=O)C3C=CC(Cl)=CC23C)cc1. The molecule has 6 heteroatoms. The van der Waals surface area contributed by atoms with E-state index in [1.807, 2.05) is 50.3 Å². The standard InChI is InChI=1S/C26H30ClNO4/c1-5-16-7-9-17(10-8-16)20-21(22(24(30)31)32-25(2)13-6-14-25)28(4)23(29)19-12-11-18(27)15-26(19,20)3/h7-12,15,19,22H,5-6,13-14H2,1-4H3,(H,30,31). The van der Waals surface area contributed by atoms with Crippen molar-refractivity contribution >= 4 is 29.1 Å². The maximum atomic E-state index is 13.5. The summed E-state index contributed by atoms with van der Waals surface area (Å²) < 4.78 is 6.22. The van der Waals surface area contributed by atoms with Gasteiger partial charge in [-0.1, -0.05) is 61.9 Å². The number of fused-ring (bicyclic) bond motifs is 1. The number of hydrogen-bond donors (Lipinski definition) is 1. The first kappa shape index (κ1) is 22.8. The number of allylic oxidation sites excluding steroid dienone is 4. The quantitative estimate of drug-likeness (QED) is 0.643. The summed E-state index contributed by atoms with van der Waals surface area (Å²) >= 11 is 6.42. The molecule has 0 radical (unpaired) electrons. The van der Waals surface area contributed by atoms with E-state index in [4.69, 9.17) is 16.3 Å². The molecular formula is C26H30ClNO4. The second kappa shape index (κ2) is 8.20. The van der Waals surface area contributed by atoms with Crippen LogP contribution in [-0.4, -0.2) is 40.6 Å². The van der Waals surface area contributed by atoms with Crippen LogP contribution in [0.2, 0.25) is 0 Å². The Morgan fingerprint density at radius 3 is 2.47 bits per heavy atom. The van der Waals surface area contributed by atoms with E-state index < -0.39 is 29.0 Å². The van der Waals surface area contributed by atoms with E-state index in [-0.39, 0.29) is 5.91 Å². The van der Waals surface area contributed by atoms with Crippen molar-refractivity contribution in [2.24, 2.45) is 11.3 Å². The van der Waals surface area contributed by atoms with Crippen molar-refractivity contribution in [3.05, 3.63) is 64.3 Å². The van der Waals surface area contributed by atoms with Crippen LogP contribution in [-0.2, 0) is 20.7 Å². The zero-order valence-corrected chi connectivity index (χ0v) is 19.8. The number of benzene rings is 1. The maximum absolute atomic E-state index is 13.5. The summed E-state index contributed by atoms with van der Waals surface area (Å²) in [6.07, 6.45) is 7.68. The number of aryl methyl sites for hydroxylation is 1. The summed E-state index contributed by atoms with van der Waals surface area (Å²) in [4.78, 5) is 27.5. The predicted octanol–water partition coefficient (Wildman–Crippen LogP) is 5.16. The minimum absolute atomic E-state index is 0.165. The fourth-order valence-electron chi connectivity index (χ4n) is 5.12. The molecule has 1 N–H and O–H groups in total. The van der Waals surface area contributed by atoms with Gasteiger partial charge in [-0.15, -0.1) is 0 Å². The van der Waals surface area contributed by atoms with Gasteiger partial charge >= 0.3 is 5.97 Å². The monoisotopic (exact) mass is 455 g/mol. The Kier molecular flexibility index (Phi) is 5.84. The number of hydrogen-bond acceptors (Lipinski definition) is 3. The number of carboxylic acid groups (broad SMARTS) is 1. The Hall–Kier alpha value is -2.37. The first-order chi connectivity index (χ1) is 15.1. The Balaban J connectivity index is 1.98. The lowest BCUT2D eigenvalue weighted by atomic mass is 9.63. The minimum Gasteiger partial charge on any atom is -0.479 e. The number of rotatable bonds is 6. The number of carboxylic acids is 1. The number of halogens is 1. The predicted molar refractivity (Wildman–Crippen MR) is 125 cm³/mol. The van der Waals surface area contributed by atoms with Crippen LogP contribution in [0.15, 0.2) is 53.2 Å². The Bertz CT molecular complexity index is 1030. The smallest absolute Gasteiger partial charge is 0.339 e. The molecule has 0 saturated heterocycles. The first-order valence-electron chi connectivity index (χ1n) is 11.2. The number of likely N-dealkylation sites (N-methyl/N-ethyl adjacent to an activating group) is 1. The highest BCUT2D eigenvalue weighted by molar-refractivity contribution is 6.31. The largest absolute Gasteiger partial charge is 0.479 e. The Labute approximate surface area is 194 Å². The van der Waals surface area contributed by atoms with Crippen molar-refractivity contribution in [3.63, 3.8) is 0 Å². The van der Waals surface area contributed by atoms with Crippen LogP contribution in [0.3, 0.4) is 0 Å². The van der Waals surface area contributed by atoms with Gasteiger partial charge in [0.1, 0.15) is 0 Å².